The number of nitrogens with zero attached hydrogens (tertiary/aromatic N) is 4. The van der Waals surface area contributed by atoms with Crippen LogP contribution < -0.4 is 5.32 Å². The topological polar surface area (TPSA) is 93.8 Å². The van der Waals surface area contributed by atoms with Crippen LogP contribution in [0, 0.1) is 0 Å². The molecule has 28 heavy (non-hydrogen) atoms. The minimum Gasteiger partial charge on any atom is -0.378 e. The SMILES string of the molecule is CN1[C@@H](CCC(=O)N2CCOCC2)CNC(=O)[C@@H]2[C@H]1CCN2Cc1ncc[nH]1. The van der Waals surface area contributed by atoms with Crippen molar-refractivity contribution in [1.29, 1.82) is 0 Å². The molecule has 0 aliphatic carbocycles. The fraction of sp³-hybridized carbons (Fsp3) is 0.737. The Balaban J connectivity index is 1.37. The van der Waals surface area contributed by atoms with E-state index in [4.69, 9.17) is 4.74 Å². The first-order valence-corrected chi connectivity index (χ1v) is 10.2. The second-order valence-corrected chi connectivity index (χ2v) is 7.90. The molecule has 0 bridgehead atoms. The van der Waals surface area contributed by atoms with E-state index in [0.717, 1.165) is 25.2 Å². The number of fused-ring (bicyclic) bond motifs is 1. The third kappa shape index (κ3) is 4.06. The summed E-state index contributed by atoms with van der Waals surface area (Å²) >= 11 is 0. The number of amides is 2. The normalized spacial score (nSPS) is 29.4. The summed E-state index contributed by atoms with van der Waals surface area (Å²) in [5.74, 6) is 1.16. The lowest BCUT2D eigenvalue weighted by atomic mass is 10.0. The molecule has 9 nitrogen and oxygen atoms in total. The fourth-order valence-electron chi connectivity index (χ4n) is 4.66. The number of morpholine rings is 1. The number of hydrogen-bond donors (Lipinski definition) is 2. The van der Waals surface area contributed by atoms with Gasteiger partial charge in [0.05, 0.1) is 19.8 Å². The summed E-state index contributed by atoms with van der Waals surface area (Å²) in [4.78, 5) is 39.2. The first-order chi connectivity index (χ1) is 13.6. The van der Waals surface area contributed by atoms with Crippen molar-refractivity contribution in [2.75, 3.05) is 46.4 Å². The molecule has 4 rings (SSSR count). The minimum absolute atomic E-state index is 0.0860. The van der Waals surface area contributed by atoms with Crippen LogP contribution in [-0.2, 0) is 20.9 Å². The number of likely N-dealkylation sites (tertiary alicyclic amines) is 1. The third-order valence-electron chi connectivity index (χ3n) is 6.31. The number of carbonyl (C=O) groups excluding carboxylic acids is 2. The molecule has 2 amide bonds. The van der Waals surface area contributed by atoms with Crippen molar-refractivity contribution in [3.8, 4) is 0 Å². The van der Waals surface area contributed by atoms with Crippen molar-refractivity contribution in [1.82, 2.24) is 30.0 Å². The highest BCUT2D eigenvalue weighted by molar-refractivity contribution is 5.83. The molecule has 3 saturated heterocycles. The molecule has 0 saturated carbocycles. The number of aromatic nitrogens is 2. The molecule has 0 aromatic carbocycles. The van der Waals surface area contributed by atoms with E-state index in [1.165, 1.54) is 0 Å². The zero-order chi connectivity index (χ0) is 19.5. The van der Waals surface area contributed by atoms with E-state index in [9.17, 15) is 9.59 Å². The van der Waals surface area contributed by atoms with Crippen molar-refractivity contribution < 1.29 is 14.3 Å². The van der Waals surface area contributed by atoms with E-state index >= 15 is 0 Å². The van der Waals surface area contributed by atoms with Crippen LogP contribution in [0.25, 0.3) is 0 Å². The van der Waals surface area contributed by atoms with Gasteiger partial charge in [-0.25, -0.2) is 4.98 Å². The zero-order valence-electron chi connectivity index (χ0n) is 16.5. The summed E-state index contributed by atoms with van der Waals surface area (Å²) in [7, 11) is 2.10. The van der Waals surface area contributed by atoms with E-state index in [0.29, 0.717) is 45.8 Å². The van der Waals surface area contributed by atoms with Crippen molar-refractivity contribution in [3.63, 3.8) is 0 Å². The van der Waals surface area contributed by atoms with Gasteiger partial charge in [-0.2, -0.15) is 0 Å². The molecule has 0 spiro atoms. The Labute approximate surface area is 165 Å². The molecule has 2 N–H and O–H groups in total. The van der Waals surface area contributed by atoms with Crippen LogP contribution in [0.3, 0.4) is 0 Å². The number of aromatic amines is 1. The molecule has 0 unspecified atom stereocenters. The molecule has 0 radical (unpaired) electrons. The third-order valence-corrected chi connectivity index (χ3v) is 6.31. The molecule has 4 heterocycles. The molecule has 1 aromatic heterocycles. The Hall–Kier alpha value is -1.97. The number of ether oxygens (including phenoxy) is 1. The Morgan fingerprint density at radius 2 is 2.14 bits per heavy atom. The molecule has 1 aromatic rings. The Kier molecular flexibility index (Phi) is 5.93. The first-order valence-electron chi connectivity index (χ1n) is 10.2. The summed E-state index contributed by atoms with van der Waals surface area (Å²) in [6.07, 6.45) is 5.77. The van der Waals surface area contributed by atoms with Crippen LogP contribution in [0.5, 0.6) is 0 Å². The largest absolute Gasteiger partial charge is 0.378 e. The van der Waals surface area contributed by atoms with Crippen LogP contribution in [0.15, 0.2) is 12.4 Å². The van der Waals surface area contributed by atoms with E-state index in [1.807, 2.05) is 11.1 Å². The fourth-order valence-corrected chi connectivity index (χ4v) is 4.66. The lowest BCUT2D eigenvalue weighted by molar-refractivity contribution is -0.135. The number of nitrogens with one attached hydrogen (secondary N) is 2. The standard InChI is InChI=1S/C19H30N6O3/c1-23-14(2-3-17(26)24-8-10-28-11-9-24)12-22-19(27)18-15(23)4-7-25(18)13-16-20-5-6-21-16/h5-6,14-15,18H,2-4,7-13H2,1H3,(H,20,21)(H,22,27)/t14-,15+,18-/m0/s1. The van der Waals surface area contributed by atoms with E-state index in [2.05, 4.69) is 32.1 Å². The van der Waals surface area contributed by atoms with E-state index in [-0.39, 0.29) is 29.9 Å². The molecule has 9 heteroatoms. The summed E-state index contributed by atoms with van der Waals surface area (Å²) in [5, 5.41) is 3.11. The number of hydrogen-bond acceptors (Lipinski definition) is 6. The highest BCUT2D eigenvalue weighted by Gasteiger charge is 2.45. The molecular formula is C19H30N6O3. The lowest BCUT2D eigenvalue weighted by Gasteiger charge is -2.33. The van der Waals surface area contributed by atoms with Gasteiger partial charge < -0.3 is 19.9 Å². The predicted molar refractivity (Wildman–Crippen MR) is 102 cm³/mol. The number of H-pyrrole nitrogens is 1. The van der Waals surface area contributed by atoms with Gasteiger partial charge in [-0.15, -0.1) is 0 Å². The second-order valence-electron chi connectivity index (χ2n) is 7.90. The molecule has 3 atom stereocenters. The van der Waals surface area contributed by atoms with Gasteiger partial charge in [0, 0.05) is 57.1 Å². The number of imidazole rings is 1. The van der Waals surface area contributed by atoms with Crippen LogP contribution >= 0.6 is 0 Å². The van der Waals surface area contributed by atoms with Gasteiger partial charge in [-0.05, 0) is 19.9 Å². The quantitative estimate of drug-likeness (QED) is 0.699. The summed E-state index contributed by atoms with van der Waals surface area (Å²) in [6, 6.07) is 0.170. The van der Waals surface area contributed by atoms with Gasteiger partial charge in [-0.3, -0.25) is 19.4 Å². The Morgan fingerprint density at radius 3 is 2.89 bits per heavy atom. The highest BCUT2D eigenvalue weighted by atomic mass is 16.5. The van der Waals surface area contributed by atoms with Crippen LogP contribution in [0.1, 0.15) is 25.1 Å². The van der Waals surface area contributed by atoms with Gasteiger partial charge in [0.1, 0.15) is 11.9 Å². The maximum Gasteiger partial charge on any atom is 0.239 e. The molecule has 3 aliphatic rings. The lowest BCUT2D eigenvalue weighted by Crippen LogP contribution is -2.49. The van der Waals surface area contributed by atoms with Crippen LogP contribution in [0.2, 0.25) is 0 Å². The Morgan fingerprint density at radius 1 is 1.32 bits per heavy atom. The first kappa shape index (κ1) is 19.4. The van der Waals surface area contributed by atoms with Crippen molar-refractivity contribution in [3.05, 3.63) is 18.2 Å². The van der Waals surface area contributed by atoms with Crippen LogP contribution in [-0.4, -0.2) is 101 Å². The summed E-state index contributed by atoms with van der Waals surface area (Å²) < 4.78 is 5.32. The molecule has 3 fully saturated rings. The van der Waals surface area contributed by atoms with Gasteiger partial charge in [0.15, 0.2) is 0 Å². The maximum absolute atomic E-state index is 12.8. The van der Waals surface area contributed by atoms with Crippen LogP contribution in [0.4, 0.5) is 0 Å². The smallest absolute Gasteiger partial charge is 0.239 e. The van der Waals surface area contributed by atoms with E-state index in [1.54, 1.807) is 6.20 Å². The minimum atomic E-state index is -0.171. The molecule has 3 aliphatic heterocycles. The average molecular weight is 390 g/mol. The number of likely N-dealkylation sites (N-methyl/N-ethyl adjacent to an activating group) is 1. The maximum atomic E-state index is 12.8. The van der Waals surface area contributed by atoms with E-state index < -0.39 is 0 Å². The van der Waals surface area contributed by atoms with Gasteiger partial charge in [0.25, 0.3) is 0 Å². The number of carbonyl (C=O) groups is 2. The average Bonchev–Trinajstić information content (AvgIpc) is 3.35. The summed E-state index contributed by atoms with van der Waals surface area (Å²) in [6.45, 7) is 4.72. The van der Waals surface area contributed by atoms with Gasteiger partial charge >= 0.3 is 0 Å². The Bertz CT molecular complexity index is 675. The number of rotatable bonds is 5. The van der Waals surface area contributed by atoms with Crippen molar-refractivity contribution in [2.45, 2.75) is 43.9 Å². The van der Waals surface area contributed by atoms with Crippen molar-refractivity contribution >= 4 is 11.8 Å². The molecule has 154 valence electrons. The van der Waals surface area contributed by atoms with Crippen molar-refractivity contribution in [2.24, 2.45) is 0 Å². The molecular weight excluding hydrogens is 360 g/mol. The second kappa shape index (κ2) is 8.59. The van der Waals surface area contributed by atoms with Gasteiger partial charge in [-0.1, -0.05) is 0 Å². The van der Waals surface area contributed by atoms with Gasteiger partial charge in [0.2, 0.25) is 11.8 Å². The highest BCUT2D eigenvalue weighted by Crippen LogP contribution is 2.28. The zero-order valence-corrected chi connectivity index (χ0v) is 16.5. The monoisotopic (exact) mass is 390 g/mol. The predicted octanol–water partition coefficient (Wildman–Crippen LogP) is -0.578. The summed E-state index contributed by atoms with van der Waals surface area (Å²) in [5.41, 5.74) is 0.